The number of hydrogen-bond donors (Lipinski definition) is 2. The van der Waals surface area contributed by atoms with Crippen molar-refractivity contribution >= 4 is 90.6 Å². The zero-order valence-electron chi connectivity index (χ0n) is 27.7. The lowest BCUT2D eigenvalue weighted by atomic mass is 9.75. The Balaban J connectivity index is 1.41. The monoisotopic (exact) mass is 757 g/mol. The molecule has 3 aromatic rings. The van der Waals surface area contributed by atoms with E-state index in [2.05, 4.69) is 49.5 Å². The number of benzene rings is 2. The van der Waals surface area contributed by atoms with Gasteiger partial charge in [-0.3, -0.25) is 4.79 Å². The maximum absolute atomic E-state index is 13.0. The highest BCUT2D eigenvalue weighted by Crippen LogP contribution is 2.48. The summed E-state index contributed by atoms with van der Waals surface area (Å²) in [6.07, 6.45) is 16.2. The molecule has 0 bridgehead atoms. The minimum absolute atomic E-state index is 0.0118. The van der Waals surface area contributed by atoms with Crippen LogP contribution >= 0.6 is 46.6 Å². The Morgan fingerprint density at radius 2 is 1.86 bits per heavy atom. The minimum Gasteiger partial charge on any atom is -0.748 e. The van der Waals surface area contributed by atoms with Crippen molar-refractivity contribution in [3.8, 4) is 0 Å². The number of thioether (sulfide) groups is 3. The van der Waals surface area contributed by atoms with Crippen LogP contribution in [-0.2, 0) is 26.3 Å². The van der Waals surface area contributed by atoms with E-state index >= 15 is 0 Å². The van der Waals surface area contributed by atoms with Crippen molar-refractivity contribution in [2.75, 3.05) is 36.3 Å². The van der Waals surface area contributed by atoms with Gasteiger partial charge < -0.3 is 19.9 Å². The number of hydrogen-bond acceptors (Lipinski definition) is 10. The normalized spacial score (nSPS) is 17.7. The highest BCUT2D eigenvalue weighted by molar-refractivity contribution is 8.03. The molecule has 14 heteroatoms. The van der Waals surface area contributed by atoms with E-state index in [1.807, 2.05) is 58.4 Å². The second-order valence-electron chi connectivity index (χ2n) is 12.6. The molecule has 9 nitrogen and oxygen atoms in total. The standard InChI is InChI=1S/C35H39N3O6S5/c1-35(2)19-23(7-5-8-32-38(22-34(40)41)28-12-10-25(45-3)17-29(28)47-32)15-24(20-35)16-33-37(21-31(39)36-13-6-14-49(42,43)44)27-11-9-26(46-4)18-30(27)48-33/h5,7-12,15-18H,6,13-14,19-22H2,1-4H3,(H2-,36,39,40,41,42,43,44). The predicted molar refractivity (Wildman–Crippen MR) is 201 cm³/mol. The lowest BCUT2D eigenvalue weighted by Crippen LogP contribution is -2.39. The molecule has 0 fully saturated rings. The van der Waals surface area contributed by atoms with Crippen LogP contribution in [0, 0.1) is 5.41 Å². The number of allylic oxidation sites excluding steroid dienone is 6. The smallest absolute Gasteiger partial charge is 0.370 e. The molecule has 1 aromatic heterocycles. The number of rotatable bonds is 13. The van der Waals surface area contributed by atoms with Gasteiger partial charge in [-0.15, -0.1) is 23.5 Å². The van der Waals surface area contributed by atoms with Crippen LogP contribution in [0.5, 0.6) is 0 Å². The van der Waals surface area contributed by atoms with Crippen LogP contribution in [0.4, 0.5) is 5.69 Å². The summed E-state index contributed by atoms with van der Waals surface area (Å²) in [4.78, 5) is 30.0. The van der Waals surface area contributed by atoms with Crippen molar-refractivity contribution in [1.29, 1.82) is 0 Å². The fourth-order valence-electron chi connectivity index (χ4n) is 5.91. The number of nitrogens with zero attached hydrogens (tertiary/aromatic N) is 2. The number of fused-ring (bicyclic) bond motifs is 2. The summed E-state index contributed by atoms with van der Waals surface area (Å²) in [5, 5.41) is 14.1. The van der Waals surface area contributed by atoms with Gasteiger partial charge in [-0.1, -0.05) is 55.2 Å². The van der Waals surface area contributed by atoms with E-state index in [0.717, 1.165) is 64.6 Å². The highest BCUT2D eigenvalue weighted by atomic mass is 32.2. The summed E-state index contributed by atoms with van der Waals surface area (Å²) in [5.41, 5.74) is 4.11. The minimum atomic E-state index is -4.33. The maximum Gasteiger partial charge on any atom is 0.370 e. The average Bonchev–Trinajstić information content (AvgIpc) is 3.53. The van der Waals surface area contributed by atoms with Crippen LogP contribution in [0.3, 0.4) is 0 Å². The number of amides is 1. The summed E-state index contributed by atoms with van der Waals surface area (Å²) < 4.78 is 35.7. The lowest BCUT2D eigenvalue weighted by molar-refractivity contribution is -0.657. The molecule has 5 rings (SSSR count). The molecule has 1 aliphatic carbocycles. The van der Waals surface area contributed by atoms with E-state index in [1.54, 1.807) is 46.6 Å². The van der Waals surface area contributed by atoms with Crippen molar-refractivity contribution in [3.05, 3.63) is 81.9 Å². The third kappa shape index (κ3) is 10.0. The molecule has 0 unspecified atom stereocenters. The van der Waals surface area contributed by atoms with E-state index in [1.165, 1.54) is 0 Å². The Kier molecular flexibility index (Phi) is 12.1. The summed E-state index contributed by atoms with van der Waals surface area (Å²) in [5.74, 6) is -1.66. The quantitative estimate of drug-likeness (QED) is 0.0822. The fourth-order valence-corrected chi connectivity index (χ4v) is 9.73. The Labute approximate surface area is 304 Å². The van der Waals surface area contributed by atoms with E-state index in [0.29, 0.717) is 0 Å². The largest absolute Gasteiger partial charge is 0.748 e. The summed E-state index contributed by atoms with van der Waals surface area (Å²) in [6, 6.07) is 12.3. The van der Waals surface area contributed by atoms with Crippen molar-refractivity contribution in [3.63, 3.8) is 0 Å². The van der Waals surface area contributed by atoms with Gasteiger partial charge in [0.25, 0.3) is 5.01 Å². The molecule has 0 spiro atoms. The van der Waals surface area contributed by atoms with Crippen molar-refractivity contribution in [2.24, 2.45) is 5.41 Å². The predicted octanol–water partition coefficient (Wildman–Crippen LogP) is 6.91. The number of thiazole rings is 1. The molecule has 0 radical (unpaired) electrons. The number of carboxylic acid groups (broad SMARTS) is 1. The number of carboxylic acids is 1. The van der Waals surface area contributed by atoms with Gasteiger partial charge in [0.2, 0.25) is 18.0 Å². The maximum atomic E-state index is 13.0. The molecule has 2 N–H and O–H groups in total. The van der Waals surface area contributed by atoms with E-state index < -0.39 is 21.8 Å². The third-order valence-electron chi connectivity index (χ3n) is 7.96. The zero-order valence-corrected chi connectivity index (χ0v) is 31.8. The molecular weight excluding hydrogens is 719 g/mol. The SMILES string of the molecule is CSc1ccc2c(c1)S/C(=C\C1=CC(=C/C=C/c3sc4cc(SC)ccc4[n+]3CC(=O)O)/CC(C)(C)C1)N2CC(=O)NCCCS(=O)(=O)[O-]. The van der Waals surface area contributed by atoms with Gasteiger partial charge in [0.1, 0.15) is 11.2 Å². The topological polar surface area (TPSA) is 131 Å². The molecule has 1 aliphatic heterocycles. The van der Waals surface area contributed by atoms with E-state index in [9.17, 15) is 27.7 Å². The first-order valence-corrected chi connectivity index (χ1v) is 21.2. The molecule has 0 saturated carbocycles. The van der Waals surface area contributed by atoms with Crippen molar-refractivity contribution < 1.29 is 32.2 Å². The van der Waals surface area contributed by atoms with Gasteiger partial charge in [-0.2, -0.15) is 4.57 Å². The van der Waals surface area contributed by atoms with Gasteiger partial charge in [-0.05, 0) is 84.7 Å². The van der Waals surface area contributed by atoms with Gasteiger partial charge >= 0.3 is 5.97 Å². The first-order chi connectivity index (χ1) is 23.2. The Morgan fingerprint density at radius 3 is 2.57 bits per heavy atom. The second-order valence-corrected chi connectivity index (χ2v) is 18.0. The molecule has 1 amide bonds. The molecule has 49 heavy (non-hydrogen) atoms. The molecule has 0 atom stereocenters. The number of nitrogens with one attached hydrogen (secondary N) is 1. The first-order valence-electron chi connectivity index (χ1n) is 15.6. The van der Waals surface area contributed by atoms with Crippen LogP contribution in [-0.4, -0.2) is 61.3 Å². The van der Waals surface area contributed by atoms with Gasteiger partial charge in [0, 0.05) is 39.1 Å². The summed E-state index contributed by atoms with van der Waals surface area (Å²) >= 11 is 6.50. The second kappa shape index (κ2) is 15.9. The Bertz CT molecular complexity index is 2000. The van der Waals surface area contributed by atoms with Crippen molar-refractivity contribution in [2.45, 2.75) is 54.3 Å². The number of anilines is 1. The molecular formula is C35H39N3O6S5. The number of aliphatic carboxylic acids is 1. The summed E-state index contributed by atoms with van der Waals surface area (Å²) in [6.45, 7) is 4.52. The molecule has 2 aliphatic rings. The summed E-state index contributed by atoms with van der Waals surface area (Å²) in [7, 11) is -4.33. The van der Waals surface area contributed by atoms with Crippen LogP contribution in [0.2, 0.25) is 0 Å². The van der Waals surface area contributed by atoms with Crippen LogP contribution < -0.4 is 14.8 Å². The highest BCUT2D eigenvalue weighted by Gasteiger charge is 2.30. The number of carbonyl (C=O) groups is 2. The Hall–Kier alpha value is -3.01. The number of aromatic nitrogens is 1. The van der Waals surface area contributed by atoms with Crippen LogP contribution in [0.25, 0.3) is 16.3 Å². The lowest BCUT2D eigenvalue weighted by Gasteiger charge is -2.31. The van der Waals surface area contributed by atoms with E-state index in [-0.39, 0.29) is 37.4 Å². The number of carbonyl (C=O) groups excluding carboxylic acids is 1. The third-order valence-corrected chi connectivity index (χ3v) is 12.4. The van der Waals surface area contributed by atoms with Crippen LogP contribution in [0.1, 0.15) is 38.1 Å². The van der Waals surface area contributed by atoms with Crippen LogP contribution in [0.15, 0.2) is 91.6 Å². The molecule has 2 aromatic carbocycles. The average molecular weight is 758 g/mol. The van der Waals surface area contributed by atoms with Gasteiger partial charge in [0.05, 0.1) is 20.8 Å². The van der Waals surface area contributed by atoms with Gasteiger partial charge in [0.15, 0.2) is 0 Å². The fraction of sp³-hybridized carbons (Fsp3) is 0.343. The zero-order chi connectivity index (χ0) is 35.3. The molecule has 260 valence electrons. The first kappa shape index (κ1) is 37.3. The van der Waals surface area contributed by atoms with E-state index in [4.69, 9.17) is 0 Å². The molecule has 0 saturated heterocycles. The molecule has 2 heterocycles. The van der Waals surface area contributed by atoms with Gasteiger partial charge in [-0.25, -0.2) is 13.2 Å². The Morgan fingerprint density at radius 1 is 1.12 bits per heavy atom. The van der Waals surface area contributed by atoms with Crippen molar-refractivity contribution in [1.82, 2.24) is 5.32 Å².